The second-order valence-electron chi connectivity index (χ2n) is 8.00. The van der Waals surface area contributed by atoms with E-state index in [1.54, 1.807) is 24.3 Å². The second kappa shape index (κ2) is 9.86. The summed E-state index contributed by atoms with van der Waals surface area (Å²) in [6, 6.07) is 13.8. The highest BCUT2D eigenvalue weighted by molar-refractivity contribution is 7.89. The molecule has 2 rings (SSSR count). The maximum atomic E-state index is 12.2. The highest BCUT2D eigenvalue weighted by atomic mass is 32.2. The summed E-state index contributed by atoms with van der Waals surface area (Å²) in [6.45, 7) is 7.59. The number of anilines is 1. The Balaban J connectivity index is 1.73. The topological polar surface area (TPSA) is 102 Å². The average Bonchev–Trinajstić information content (AvgIpc) is 2.66. The average molecular weight is 433 g/mol. The Labute approximate surface area is 177 Å². The molecule has 0 aliphatic heterocycles. The van der Waals surface area contributed by atoms with Gasteiger partial charge in [-0.3, -0.25) is 9.59 Å². The van der Waals surface area contributed by atoms with Crippen molar-refractivity contribution in [2.45, 2.75) is 44.4 Å². The van der Waals surface area contributed by atoms with Crippen molar-refractivity contribution in [2.75, 3.05) is 18.5 Å². The van der Waals surface area contributed by atoms with E-state index < -0.39 is 28.5 Å². The standard InChI is InChI=1S/C22H28N2O5S/c1-16-5-11-19(12-6-16)30(27,28)23-14-13-21(26)29-15-20(25)24-18-9-7-17(8-10-18)22(2,3)4/h5-12,23H,13-15H2,1-4H3,(H,24,25). The molecule has 0 saturated carbocycles. The van der Waals surface area contributed by atoms with Crippen LogP contribution in [0.3, 0.4) is 0 Å². The van der Waals surface area contributed by atoms with E-state index >= 15 is 0 Å². The molecule has 0 spiro atoms. The summed E-state index contributed by atoms with van der Waals surface area (Å²) in [5.74, 6) is -1.13. The molecule has 0 heterocycles. The van der Waals surface area contributed by atoms with Crippen LogP contribution in [-0.4, -0.2) is 33.4 Å². The van der Waals surface area contributed by atoms with E-state index in [9.17, 15) is 18.0 Å². The number of ether oxygens (including phenoxy) is 1. The molecule has 1 amide bonds. The molecule has 0 radical (unpaired) electrons. The highest BCUT2D eigenvalue weighted by Gasteiger charge is 2.15. The lowest BCUT2D eigenvalue weighted by Crippen LogP contribution is -2.28. The Bertz CT molecular complexity index is 976. The summed E-state index contributed by atoms with van der Waals surface area (Å²) in [6.07, 6.45) is -0.182. The number of esters is 1. The number of rotatable bonds is 8. The maximum absolute atomic E-state index is 12.2. The van der Waals surface area contributed by atoms with Gasteiger partial charge in [-0.05, 0) is 42.2 Å². The number of amides is 1. The molecule has 0 unspecified atom stereocenters. The minimum Gasteiger partial charge on any atom is -0.456 e. The third-order valence-electron chi connectivity index (χ3n) is 4.35. The van der Waals surface area contributed by atoms with Gasteiger partial charge >= 0.3 is 5.97 Å². The van der Waals surface area contributed by atoms with E-state index in [1.165, 1.54) is 12.1 Å². The van der Waals surface area contributed by atoms with E-state index in [0.29, 0.717) is 5.69 Å². The van der Waals surface area contributed by atoms with Crippen LogP contribution in [0, 0.1) is 6.92 Å². The van der Waals surface area contributed by atoms with Gasteiger partial charge in [0.2, 0.25) is 10.0 Å². The first kappa shape index (κ1) is 23.6. The van der Waals surface area contributed by atoms with Gasteiger partial charge < -0.3 is 10.1 Å². The summed E-state index contributed by atoms with van der Waals surface area (Å²) in [7, 11) is -3.70. The first-order valence-corrected chi connectivity index (χ1v) is 11.1. The zero-order valence-electron chi connectivity index (χ0n) is 17.7. The molecule has 7 nitrogen and oxygen atoms in total. The van der Waals surface area contributed by atoms with Crippen molar-refractivity contribution in [1.29, 1.82) is 0 Å². The Kier molecular flexibility index (Phi) is 7.75. The van der Waals surface area contributed by atoms with Crippen LogP contribution in [0.4, 0.5) is 5.69 Å². The van der Waals surface area contributed by atoms with Crippen molar-refractivity contribution < 1.29 is 22.7 Å². The Morgan fingerprint density at radius 3 is 2.13 bits per heavy atom. The number of hydrogen-bond acceptors (Lipinski definition) is 5. The molecule has 2 aromatic carbocycles. The number of benzene rings is 2. The molecule has 0 aromatic heterocycles. The van der Waals surface area contributed by atoms with Gasteiger partial charge in [-0.25, -0.2) is 13.1 Å². The number of sulfonamides is 1. The number of carbonyl (C=O) groups is 2. The molecule has 0 saturated heterocycles. The van der Waals surface area contributed by atoms with E-state index in [4.69, 9.17) is 4.74 Å². The molecule has 162 valence electrons. The van der Waals surface area contributed by atoms with Gasteiger partial charge in [0.25, 0.3) is 5.91 Å². The number of carbonyl (C=O) groups excluding carboxylic acids is 2. The van der Waals surface area contributed by atoms with Gasteiger partial charge in [-0.2, -0.15) is 0 Å². The molecule has 30 heavy (non-hydrogen) atoms. The zero-order valence-corrected chi connectivity index (χ0v) is 18.5. The van der Waals surface area contributed by atoms with Crippen LogP contribution in [-0.2, 0) is 29.8 Å². The lowest BCUT2D eigenvalue weighted by atomic mass is 9.87. The third kappa shape index (κ3) is 7.27. The Morgan fingerprint density at radius 2 is 1.57 bits per heavy atom. The fourth-order valence-electron chi connectivity index (χ4n) is 2.56. The maximum Gasteiger partial charge on any atom is 0.307 e. The third-order valence-corrected chi connectivity index (χ3v) is 5.83. The molecule has 0 aliphatic rings. The van der Waals surface area contributed by atoms with Crippen LogP contribution < -0.4 is 10.0 Å². The molecule has 0 bridgehead atoms. The van der Waals surface area contributed by atoms with Crippen molar-refractivity contribution in [3.05, 3.63) is 59.7 Å². The van der Waals surface area contributed by atoms with Crippen molar-refractivity contribution in [3.8, 4) is 0 Å². The van der Waals surface area contributed by atoms with Crippen molar-refractivity contribution >= 4 is 27.6 Å². The number of hydrogen-bond donors (Lipinski definition) is 2. The molecule has 0 fully saturated rings. The molecular formula is C22H28N2O5S. The van der Waals surface area contributed by atoms with Gasteiger partial charge in [0, 0.05) is 12.2 Å². The van der Waals surface area contributed by atoms with Gasteiger partial charge in [-0.1, -0.05) is 50.6 Å². The van der Waals surface area contributed by atoms with Gasteiger partial charge in [0.1, 0.15) is 0 Å². The summed E-state index contributed by atoms with van der Waals surface area (Å²) in [4.78, 5) is 23.9. The summed E-state index contributed by atoms with van der Waals surface area (Å²) in [5, 5.41) is 2.65. The van der Waals surface area contributed by atoms with Crippen LogP contribution in [0.15, 0.2) is 53.4 Å². The predicted molar refractivity (Wildman–Crippen MR) is 116 cm³/mol. The highest BCUT2D eigenvalue weighted by Crippen LogP contribution is 2.23. The first-order valence-electron chi connectivity index (χ1n) is 9.60. The smallest absolute Gasteiger partial charge is 0.307 e. The largest absolute Gasteiger partial charge is 0.456 e. The molecule has 2 aromatic rings. The lowest BCUT2D eigenvalue weighted by molar-refractivity contribution is -0.147. The SMILES string of the molecule is Cc1ccc(S(=O)(=O)NCCC(=O)OCC(=O)Nc2ccc(C(C)(C)C)cc2)cc1. The van der Waals surface area contributed by atoms with Crippen molar-refractivity contribution in [2.24, 2.45) is 0 Å². The second-order valence-corrected chi connectivity index (χ2v) is 9.76. The van der Waals surface area contributed by atoms with Crippen LogP contribution in [0.2, 0.25) is 0 Å². The number of aryl methyl sites for hydroxylation is 1. The van der Waals surface area contributed by atoms with Gasteiger partial charge in [0.15, 0.2) is 6.61 Å². The minimum atomic E-state index is -3.70. The van der Waals surface area contributed by atoms with Crippen molar-refractivity contribution in [1.82, 2.24) is 4.72 Å². The molecular weight excluding hydrogens is 404 g/mol. The molecule has 8 heteroatoms. The molecule has 2 N–H and O–H groups in total. The molecule has 0 atom stereocenters. The van der Waals surface area contributed by atoms with E-state index in [1.807, 2.05) is 19.1 Å². The summed E-state index contributed by atoms with van der Waals surface area (Å²) >= 11 is 0. The fraction of sp³-hybridized carbons (Fsp3) is 0.364. The normalized spacial score (nSPS) is 11.7. The zero-order chi connectivity index (χ0) is 22.4. The Hall–Kier alpha value is -2.71. The van der Waals surface area contributed by atoms with Crippen molar-refractivity contribution in [3.63, 3.8) is 0 Å². The van der Waals surface area contributed by atoms with E-state index in [0.717, 1.165) is 11.1 Å². The fourth-order valence-corrected chi connectivity index (χ4v) is 3.59. The summed E-state index contributed by atoms with van der Waals surface area (Å²) < 4.78 is 31.6. The quantitative estimate of drug-likeness (QED) is 0.624. The van der Waals surface area contributed by atoms with Crippen LogP contribution in [0.1, 0.15) is 38.3 Å². The predicted octanol–water partition coefficient (Wildman–Crippen LogP) is 3.14. The van der Waals surface area contributed by atoms with E-state index in [-0.39, 0.29) is 23.3 Å². The molecule has 0 aliphatic carbocycles. The lowest BCUT2D eigenvalue weighted by Gasteiger charge is -2.19. The number of nitrogens with one attached hydrogen (secondary N) is 2. The Morgan fingerprint density at radius 1 is 0.967 bits per heavy atom. The summed E-state index contributed by atoms with van der Waals surface area (Å²) in [5.41, 5.74) is 2.70. The van der Waals surface area contributed by atoms with Crippen LogP contribution in [0.25, 0.3) is 0 Å². The van der Waals surface area contributed by atoms with Gasteiger partial charge in [0.05, 0.1) is 11.3 Å². The first-order chi connectivity index (χ1) is 14.0. The van der Waals surface area contributed by atoms with Crippen LogP contribution >= 0.6 is 0 Å². The van der Waals surface area contributed by atoms with Crippen LogP contribution in [0.5, 0.6) is 0 Å². The van der Waals surface area contributed by atoms with Gasteiger partial charge in [-0.15, -0.1) is 0 Å². The minimum absolute atomic E-state index is 0.0129. The van der Waals surface area contributed by atoms with E-state index in [2.05, 4.69) is 30.8 Å². The monoisotopic (exact) mass is 432 g/mol.